The highest BCUT2D eigenvalue weighted by atomic mass is 32.2. The van der Waals surface area contributed by atoms with Gasteiger partial charge >= 0.3 is 0 Å². The molecule has 0 saturated heterocycles. The Kier molecular flexibility index (Phi) is 4.86. The molecule has 0 aromatic heterocycles. The summed E-state index contributed by atoms with van der Waals surface area (Å²) in [6.45, 7) is 0. The topological polar surface area (TPSA) is 69.6 Å². The van der Waals surface area contributed by atoms with Crippen molar-refractivity contribution in [2.75, 3.05) is 23.7 Å². The van der Waals surface area contributed by atoms with Crippen LogP contribution in [0.25, 0.3) is 11.1 Å². The average Bonchev–Trinajstić information content (AvgIpc) is 2.62. The highest BCUT2D eigenvalue weighted by Gasteiger charge is 2.14. The van der Waals surface area contributed by atoms with Crippen LogP contribution < -0.4 is 9.62 Å². The van der Waals surface area contributed by atoms with Gasteiger partial charge in [-0.2, -0.15) is 0 Å². The molecule has 0 atom stereocenters. The van der Waals surface area contributed by atoms with Crippen LogP contribution in [-0.4, -0.2) is 27.6 Å². The molecule has 3 rings (SSSR count). The van der Waals surface area contributed by atoms with E-state index < -0.39 is 10.0 Å². The van der Waals surface area contributed by atoms with Crippen LogP contribution in [0, 0.1) is 0 Å². The van der Waals surface area contributed by atoms with Crippen LogP contribution in [0.4, 0.5) is 11.4 Å². The molecule has 3 aromatic rings. The van der Waals surface area contributed by atoms with Crippen molar-refractivity contribution in [1.29, 1.82) is 0 Å². The number of hydrogen-bond donors (Lipinski definition) is 2. The van der Waals surface area contributed by atoms with Gasteiger partial charge in [0.1, 0.15) is 5.75 Å². The summed E-state index contributed by atoms with van der Waals surface area (Å²) in [5, 5.41) is 9.35. The van der Waals surface area contributed by atoms with Crippen LogP contribution in [0.1, 0.15) is 0 Å². The van der Waals surface area contributed by atoms with E-state index in [1.165, 1.54) is 0 Å². The number of sulfonamides is 1. The van der Waals surface area contributed by atoms with E-state index >= 15 is 0 Å². The molecule has 6 heteroatoms. The third-order valence-electron chi connectivity index (χ3n) is 4.00. The minimum Gasteiger partial charge on any atom is -0.508 e. The van der Waals surface area contributed by atoms with Crippen molar-refractivity contribution in [3.05, 3.63) is 72.8 Å². The van der Waals surface area contributed by atoms with Crippen LogP contribution in [0.2, 0.25) is 0 Å². The van der Waals surface area contributed by atoms with E-state index in [9.17, 15) is 13.5 Å². The normalized spacial score (nSPS) is 11.2. The van der Waals surface area contributed by atoms with Crippen molar-refractivity contribution in [3.63, 3.8) is 0 Å². The summed E-state index contributed by atoms with van der Waals surface area (Å²) < 4.78 is 27.7. The van der Waals surface area contributed by atoms with Gasteiger partial charge in [0.25, 0.3) is 10.0 Å². The zero-order valence-corrected chi connectivity index (χ0v) is 15.4. The number of aromatic hydroxyl groups is 1. The Bertz CT molecular complexity index is 979. The molecule has 0 spiro atoms. The molecule has 0 radical (unpaired) electrons. The second kappa shape index (κ2) is 7.09. The molecule has 0 aliphatic rings. The minimum absolute atomic E-state index is 0.191. The molecule has 26 heavy (non-hydrogen) atoms. The van der Waals surface area contributed by atoms with E-state index in [1.54, 1.807) is 60.7 Å². The van der Waals surface area contributed by atoms with Crippen LogP contribution in [0.5, 0.6) is 5.75 Å². The molecule has 0 heterocycles. The molecule has 2 N–H and O–H groups in total. The Labute approximate surface area is 153 Å². The summed E-state index contributed by atoms with van der Waals surface area (Å²) in [7, 11) is 0.195. The number of benzene rings is 3. The maximum Gasteiger partial charge on any atom is 0.261 e. The number of phenols is 1. The molecule has 0 amide bonds. The number of nitrogens with zero attached hydrogens (tertiary/aromatic N) is 1. The maximum atomic E-state index is 12.6. The van der Waals surface area contributed by atoms with E-state index in [0.29, 0.717) is 5.69 Å². The van der Waals surface area contributed by atoms with Gasteiger partial charge in [0.15, 0.2) is 0 Å². The van der Waals surface area contributed by atoms with E-state index in [-0.39, 0.29) is 10.6 Å². The average molecular weight is 368 g/mol. The Morgan fingerprint density at radius 2 is 1.27 bits per heavy atom. The second-order valence-corrected chi connectivity index (χ2v) is 7.80. The van der Waals surface area contributed by atoms with Gasteiger partial charge in [-0.3, -0.25) is 4.72 Å². The number of phenolic OH excluding ortho intramolecular Hbond substituents is 1. The Hall–Kier alpha value is -2.99. The highest BCUT2D eigenvalue weighted by Crippen LogP contribution is 2.24. The Morgan fingerprint density at radius 3 is 1.77 bits per heavy atom. The summed E-state index contributed by atoms with van der Waals surface area (Å²) in [5.41, 5.74) is 3.28. The van der Waals surface area contributed by atoms with Crippen LogP contribution in [0.3, 0.4) is 0 Å². The van der Waals surface area contributed by atoms with Crippen molar-refractivity contribution < 1.29 is 13.5 Å². The van der Waals surface area contributed by atoms with Crippen molar-refractivity contribution in [2.24, 2.45) is 0 Å². The summed E-state index contributed by atoms with van der Waals surface area (Å²) in [5.74, 6) is 0.192. The zero-order valence-electron chi connectivity index (χ0n) is 14.5. The van der Waals surface area contributed by atoms with Gasteiger partial charge in [0.05, 0.1) is 4.90 Å². The predicted molar refractivity (Wildman–Crippen MR) is 105 cm³/mol. The zero-order chi connectivity index (χ0) is 18.7. The van der Waals surface area contributed by atoms with E-state index in [0.717, 1.165) is 16.8 Å². The summed E-state index contributed by atoms with van der Waals surface area (Å²) in [6, 6.07) is 20.6. The van der Waals surface area contributed by atoms with E-state index in [4.69, 9.17) is 0 Å². The lowest BCUT2D eigenvalue weighted by molar-refractivity contribution is 0.475. The maximum absolute atomic E-state index is 12.6. The van der Waals surface area contributed by atoms with E-state index in [2.05, 4.69) is 4.72 Å². The van der Waals surface area contributed by atoms with Crippen molar-refractivity contribution in [2.45, 2.75) is 4.90 Å². The fourth-order valence-electron chi connectivity index (χ4n) is 2.52. The fraction of sp³-hybridized carbons (Fsp3) is 0.100. The van der Waals surface area contributed by atoms with Gasteiger partial charge < -0.3 is 10.0 Å². The van der Waals surface area contributed by atoms with Gasteiger partial charge in [-0.25, -0.2) is 8.42 Å². The number of rotatable bonds is 5. The summed E-state index contributed by atoms with van der Waals surface area (Å²) in [4.78, 5) is 2.14. The first-order chi connectivity index (χ1) is 12.3. The first-order valence-electron chi connectivity index (χ1n) is 8.05. The molecule has 0 fully saturated rings. The molecule has 0 unspecified atom stereocenters. The van der Waals surface area contributed by atoms with Gasteiger partial charge in [-0.15, -0.1) is 0 Å². The lowest BCUT2D eigenvalue weighted by atomic mass is 10.1. The molecule has 0 saturated carbocycles. The van der Waals surface area contributed by atoms with Crippen molar-refractivity contribution >= 4 is 21.4 Å². The second-order valence-electron chi connectivity index (χ2n) is 6.12. The summed E-state index contributed by atoms with van der Waals surface area (Å²) >= 11 is 0. The largest absolute Gasteiger partial charge is 0.508 e. The van der Waals surface area contributed by atoms with Crippen LogP contribution >= 0.6 is 0 Å². The fourth-order valence-corrected chi connectivity index (χ4v) is 3.58. The van der Waals surface area contributed by atoms with Crippen molar-refractivity contribution in [1.82, 2.24) is 0 Å². The molecule has 0 aliphatic carbocycles. The molecule has 3 aromatic carbocycles. The standard InChI is InChI=1S/C20H20N2O3S/c1-22(2)18-9-7-17(8-10-18)21-26(24,25)20-13-5-16(6-14-20)15-3-11-19(23)12-4-15/h3-14,21,23H,1-2H3. The molecule has 5 nitrogen and oxygen atoms in total. The highest BCUT2D eigenvalue weighted by molar-refractivity contribution is 7.92. The third-order valence-corrected chi connectivity index (χ3v) is 5.40. The Morgan fingerprint density at radius 1 is 0.769 bits per heavy atom. The lowest BCUT2D eigenvalue weighted by Gasteiger charge is -2.13. The first-order valence-corrected chi connectivity index (χ1v) is 9.53. The monoisotopic (exact) mass is 368 g/mol. The van der Waals surface area contributed by atoms with Gasteiger partial charge in [0.2, 0.25) is 0 Å². The third kappa shape index (κ3) is 3.97. The predicted octanol–water partition coefficient (Wildman–Crippen LogP) is 3.93. The molecule has 0 aliphatic heterocycles. The Balaban J connectivity index is 1.79. The molecule has 0 bridgehead atoms. The first kappa shape index (κ1) is 17.8. The van der Waals surface area contributed by atoms with Gasteiger partial charge in [-0.1, -0.05) is 24.3 Å². The SMILES string of the molecule is CN(C)c1ccc(NS(=O)(=O)c2ccc(-c3ccc(O)cc3)cc2)cc1. The minimum atomic E-state index is -3.66. The summed E-state index contributed by atoms with van der Waals surface area (Å²) in [6.07, 6.45) is 0. The van der Waals surface area contributed by atoms with Crippen molar-refractivity contribution in [3.8, 4) is 16.9 Å². The molecular weight excluding hydrogens is 348 g/mol. The van der Waals surface area contributed by atoms with Crippen LogP contribution in [0.15, 0.2) is 77.7 Å². The quantitative estimate of drug-likeness (QED) is 0.716. The number of anilines is 2. The smallest absolute Gasteiger partial charge is 0.261 e. The van der Waals surface area contributed by atoms with Gasteiger partial charge in [-0.05, 0) is 59.7 Å². The van der Waals surface area contributed by atoms with E-state index in [1.807, 2.05) is 31.1 Å². The number of nitrogens with one attached hydrogen (secondary N) is 1. The molecule has 134 valence electrons. The lowest BCUT2D eigenvalue weighted by Crippen LogP contribution is -2.13. The number of hydrogen-bond acceptors (Lipinski definition) is 4. The van der Waals surface area contributed by atoms with Gasteiger partial charge in [0, 0.05) is 25.5 Å². The molecular formula is C20H20N2O3S. The van der Waals surface area contributed by atoms with Crippen LogP contribution in [-0.2, 0) is 10.0 Å².